The highest BCUT2D eigenvalue weighted by molar-refractivity contribution is 6.33. The van der Waals surface area contributed by atoms with E-state index in [-0.39, 0.29) is 0 Å². The van der Waals surface area contributed by atoms with E-state index < -0.39 is 0 Å². The number of imidazole rings is 1. The third-order valence-electron chi connectivity index (χ3n) is 5.63. The molecule has 0 radical (unpaired) electrons. The molecule has 0 unspecified atom stereocenters. The van der Waals surface area contributed by atoms with Gasteiger partial charge in [-0.15, -0.1) is 5.10 Å². The van der Waals surface area contributed by atoms with Gasteiger partial charge in [0.15, 0.2) is 11.0 Å². The van der Waals surface area contributed by atoms with Crippen molar-refractivity contribution in [3.8, 4) is 45.5 Å². The van der Waals surface area contributed by atoms with Gasteiger partial charge in [-0.25, -0.2) is 14.5 Å². The van der Waals surface area contributed by atoms with E-state index in [4.69, 9.17) is 26.2 Å². The SMILES string of the molecule is COc1ccnc(-c2c(-c3cccc(OC)c3C)cn3nc(-c4nccn4C)nc(Cl)c23)c1. The highest BCUT2D eigenvalue weighted by Crippen LogP contribution is 2.42. The number of halogens is 1. The third-order valence-corrected chi connectivity index (χ3v) is 5.89. The van der Waals surface area contributed by atoms with E-state index in [9.17, 15) is 0 Å². The predicted molar refractivity (Wildman–Crippen MR) is 127 cm³/mol. The first-order valence-electron chi connectivity index (χ1n) is 10.2. The van der Waals surface area contributed by atoms with Crippen molar-refractivity contribution in [2.45, 2.75) is 6.92 Å². The maximum absolute atomic E-state index is 6.77. The molecule has 33 heavy (non-hydrogen) atoms. The number of nitrogens with zero attached hydrogens (tertiary/aromatic N) is 6. The summed E-state index contributed by atoms with van der Waals surface area (Å²) >= 11 is 6.77. The minimum absolute atomic E-state index is 0.300. The molecular formula is C24H21ClN6O2. The second-order valence-corrected chi connectivity index (χ2v) is 7.87. The lowest BCUT2D eigenvalue weighted by Gasteiger charge is -2.12. The first kappa shape index (κ1) is 21.0. The Balaban J connectivity index is 1.85. The Bertz CT molecular complexity index is 1490. The summed E-state index contributed by atoms with van der Waals surface area (Å²) in [5, 5.41) is 5.03. The minimum Gasteiger partial charge on any atom is -0.497 e. The van der Waals surface area contributed by atoms with Crippen molar-refractivity contribution in [2.75, 3.05) is 14.2 Å². The number of rotatable bonds is 5. The van der Waals surface area contributed by atoms with Crippen molar-refractivity contribution in [2.24, 2.45) is 7.05 Å². The van der Waals surface area contributed by atoms with Crippen LogP contribution in [0.3, 0.4) is 0 Å². The van der Waals surface area contributed by atoms with Crippen LogP contribution < -0.4 is 9.47 Å². The first-order valence-corrected chi connectivity index (χ1v) is 10.6. The van der Waals surface area contributed by atoms with Crippen LogP contribution >= 0.6 is 11.6 Å². The number of hydrogen-bond acceptors (Lipinski definition) is 6. The van der Waals surface area contributed by atoms with E-state index in [1.807, 2.05) is 55.2 Å². The van der Waals surface area contributed by atoms with Crippen molar-refractivity contribution in [1.82, 2.24) is 29.1 Å². The van der Waals surface area contributed by atoms with Gasteiger partial charge in [-0.3, -0.25) is 4.98 Å². The number of aromatic nitrogens is 6. The van der Waals surface area contributed by atoms with E-state index in [0.717, 1.165) is 28.0 Å². The zero-order valence-corrected chi connectivity index (χ0v) is 19.3. The molecule has 0 aliphatic carbocycles. The molecule has 0 saturated heterocycles. The van der Waals surface area contributed by atoms with Crippen molar-refractivity contribution in [1.29, 1.82) is 0 Å². The fraction of sp³-hybridized carbons (Fsp3) is 0.167. The molecule has 0 aliphatic heterocycles. The van der Waals surface area contributed by atoms with Crippen LogP contribution in [0.2, 0.25) is 5.15 Å². The Morgan fingerprint density at radius 3 is 2.58 bits per heavy atom. The lowest BCUT2D eigenvalue weighted by Crippen LogP contribution is -2.02. The molecule has 9 heteroatoms. The number of aryl methyl sites for hydroxylation is 1. The monoisotopic (exact) mass is 460 g/mol. The lowest BCUT2D eigenvalue weighted by atomic mass is 9.96. The van der Waals surface area contributed by atoms with Crippen molar-refractivity contribution < 1.29 is 9.47 Å². The summed E-state index contributed by atoms with van der Waals surface area (Å²) in [6, 6.07) is 9.60. The van der Waals surface area contributed by atoms with E-state index in [1.54, 1.807) is 37.2 Å². The van der Waals surface area contributed by atoms with Crippen molar-refractivity contribution in [3.05, 3.63) is 65.8 Å². The summed E-state index contributed by atoms with van der Waals surface area (Å²) < 4.78 is 14.6. The molecule has 0 aliphatic rings. The summed E-state index contributed by atoms with van der Waals surface area (Å²) in [5.74, 6) is 2.52. The van der Waals surface area contributed by atoms with Gasteiger partial charge in [0, 0.05) is 49.0 Å². The Labute approximate surface area is 195 Å². The molecule has 0 saturated carbocycles. The molecule has 166 valence electrons. The molecule has 5 aromatic rings. The average molecular weight is 461 g/mol. The first-order chi connectivity index (χ1) is 16.0. The number of fused-ring (bicyclic) bond motifs is 1. The highest BCUT2D eigenvalue weighted by atomic mass is 35.5. The molecule has 5 rings (SSSR count). The minimum atomic E-state index is 0.300. The van der Waals surface area contributed by atoms with Crippen LogP contribution in [-0.2, 0) is 7.05 Å². The Morgan fingerprint density at radius 1 is 1.00 bits per heavy atom. The molecule has 4 heterocycles. The summed E-state index contributed by atoms with van der Waals surface area (Å²) in [6.45, 7) is 2.02. The van der Waals surface area contributed by atoms with Crippen LogP contribution in [0.5, 0.6) is 11.5 Å². The fourth-order valence-corrected chi connectivity index (χ4v) is 4.24. The maximum atomic E-state index is 6.77. The van der Waals surface area contributed by atoms with Crippen LogP contribution in [0.25, 0.3) is 39.5 Å². The van der Waals surface area contributed by atoms with Crippen LogP contribution in [0.15, 0.2) is 55.1 Å². The van der Waals surface area contributed by atoms with E-state index in [1.165, 1.54) is 0 Å². The van der Waals surface area contributed by atoms with Crippen molar-refractivity contribution in [3.63, 3.8) is 0 Å². The molecule has 0 atom stereocenters. The molecular weight excluding hydrogens is 440 g/mol. The topological polar surface area (TPSA) is 79.4 Å². The lowest BCUT2D eigenvalue weighted by molar-refractivity contribution is 0.412. The molecule has 8 nitrogen and oxygen atoms in total. The summed E-state index contributed by atoms with van der Waals surface area (Å²) in [7, 11) is 5.17. The van der Waals surface area contributed by atoms with E-state index in [2.05, 4.69) is 15.0 Å². The molecule has 1 aromatic carbocycles. The van der Waals surface area contributed by atoms with Gasteiger partial charge >= 0.3 is 0 Å². The number of methoxy groups -OCH3 is 2. The summed E-state index contributed by atoms with van der Waals surface area (Å²) in [4.78, 5) is 13.5. The van der Waals surface area contributed by atoms with E-state index >= 15 is 0 Å². The molecule has 0 bridgehead atoms. The molecule has 0 fully saturated rings. The molecule has 0 N–H and O–H groups in total. The molecule has 4 aromatic heterocycles. The zero-order valence-electron chi connectivity index (χ0n) is 18.6. The predicted octanol–water partition coefficient (Wildman–Crippen LogP) is 4.84. The van der Waals surface area contributed by atoms with Gasteiger partial charge in [0.05, 0.1) is 19.9 Å². The van der Waals surface area contributed by atoms with Gasteiger partial charge in [0.2, 0.25) is 5.82 Å². The maximum Gasteiger partial charge on any atom is 0.217 e. The van der Waals surface area contributed by atoms with Gasteiger partial charge < -0.3 is 14.0 Å². The average Bonchev–Trinajstić information content (AvgIpc) is 3.43. The summed E-state index contributed by atoms with van der Waals surface area (Å²) in [6.07, 6.45) is 7.18. The molecule has 0 amide bonds. The van der Waals surface area contributed by atoms with Gasteiger partial charge in [-0.05, 0) is 30.2 Å². The van der Waals surface area contributed by atoms with Gasteiger partial charge in [-0.1, -0.05) is 23.7 Å². The number of ether oxygens (including phenoxy) is 2. The highest BCUT2D eigenvalue weighted by Gasteiger charge is 2.23. The van der Waals surface area contributed by atoms with E-state index in [0.29, 0.717) is 33.8 Å². The van der Waals surface area contributed by atoms with Gasteiger partial charge in [-0.2, -0.15) is 0 Å². The molecule has 0 spiro atoms. The fourth-order valence-electron chi connectivity index (χ4n) is 3.98. The van der Waals surface area contributed by atoms with Gasteiger partial charge in [0.25, 0.3) is 0 Å². The van der Waals surface area contributed by atoms with Gasteiger partial charge in [0.1, 0.15) is 17.0 Å². The zero-order chi connectivity index (χ0) is 23.1. The van der Waals surface area contributed by atoms with Crippen molar-refractivity contribution >= 4 is 17.1 Å². The van der Waals surface area contributed by atoms with Crippen LogP contribution in [0, 0.1) is 6.92 Å². The van der Waals surface area contributed by atoms with Crippen LogP contribution in [-0.4, -0.2) is 43.4 Å². The Kier molecular flexibility index (Phi) is 5.22. The second kappa shape index (κ2) is 8.22. The van der Waals surface area contributed by atoms with Crippen LogP contribution in [0.4, 0.5) is 0 Å². The quantitative estimate of drug-likeness (QED) is 0.373. The Hall–Kier alpha value is -3.91. The Morgan fingerprint density at radius 2 is 1.85 bits per heavy atom. The number of hydrogen-bond donors (Lipinski definition) is 0. The number of pyridine rings is 1. The largest absolute Gasteiger partial charge is 0.497 e. The van der Waals surface area contributed by atoms with Crippen LogP contribution in [0.1, 0.15) is 5.56 Å². The summed E-state index contributed by atoms with van der Waals surface area (Å²) in [5.41, 5.74) is 5.03. The smallest absolute Gasteiger partial charge is 0.217 e. The standard InChI is InChI=1S/C24H21ClN6O2/c1-14-16(6-5-7-19(14)33-4)17-13-31-21(20(17)18-12-15(32-3)8-9-26-18)22(25)28-23(29-31)24-27-10-11-30(24)2/h5-13H,1-4H3. The number of benzene rings is 1. The second-order valence-electron chi connectivity index (χ2n) is 7.51. The third kappa shape index (κ3) is 3.48. The normalized spacial score (nSPS) is 11.2.